The summed E-state index contributed by atoms with van der Waals surface area (Å²) >= 11 is 0. The SMILES string of the molecule is CNC(=O)C(C)(C)N1CCCC1C(=O)NCCN1CCCCC1. The van der Waals surface area contributed by atoms with Crippen molar-refractivity contribution in [3.8, 4) is 0 Å². The average molecular weight is 324 g/mol. The maximum Gasteiger partial charge on any atom is 0.239 e. The summed E-state index contributed by atoms with van der Waals surface area (Å²) in [5.74, 6) is 0.0296. The van der Waals surface area contributed by atoms with E-state index in [0.717, 1.165) is 39.0 Å². The van der Waals surface area contributed by atoms with Crippen LogP contribution in [0.4, 0.5) is 0 Å². The quantitative estimate of drug-likeness (QED) is 0.750. The van der Waals surface area contributed by atoms with Crippen LogP contribution >= 0.6 is 0 Å². The van der Waals surface area contributed by atoms with Crippen LogP contribution in [-0.4, -0.2) is 73.0 Å². The third kappa shape index (κ3) is 4.44. The van der Waals surface area contributed by atoms with Crippen LogP contribution < -0.4 is 10.6 Å². The minimum Gasteiger partial charge on any atom is -0.358 e. The van der Waals surface area contributed by atoms with Gasteiger partial charge in [0.05, 0.1) is 11.6 Å². The van der Waals surface area contributed by atoms with Crippen molar-refractivity contribution in [2.75, 3.05) is 39.8 Å². The molecule has 132 valence electrons. The van der Waals surface area contributed by atoms with Crippen LogP contribution in [0.15, 0.2) is 0 Å². The molecular weight excluding hydrogens is 292 g/mol. The van der Waals surface area contributed by atoms with Gasteiger partial charge in [-0.15, -0.1) is 0 Å². The highest BCUT2D eigenvalue weighted by Crippen LogP contribution is 2.27. The number of piperidine rings is 1. The van der Waals surface area contributed by atoms with Gasteiger partial charge in [-0.1, -0.05) is 6.42 Å². The second kappa shape index (κ2) is 8.11. The highest BCUT2D eigenvalue weighted by atomic mass is 16.2. The Bertz CT molecular complexity index is 419. The van der Waals surface area contributed by atoms with Gasteiger partial charge in [-0.2, -0.15) is 0 Å². The highest BCUT2D eigenvalue weighted by Gasteiger charge is 2.43. The van der Waals surface area contributed by atoms with Crippen molar-refractivity contribution in [2.45, 2.75) is 57.5 Å². The number of nitrogens with zero attached hydrogens (tertiary/aromatic N) is 2. The van der Waals surface area contributed by atoms with Crippen LogP contribution in [0, 0.1) is 0 Å². The zero-order chi connectivity index (χ0) is 16.9. The van der Waals surface area contributed by atoms with Gasteiger partial charge in [0.25, 0.3) is 0 Å². The zero-order valence-corrected chi connectivity index (χ0v) is 14.9. The molecule has 1 unspecified atom stereocenters. The Labute approximate surface area is 140 Å². The number of carbonyl (C=O) groups excluding carboxylic acids is 2. The van der Waals surface area contributed by atoms with Crippen LogP contribution in [-0.2, 0) is 9.59 Å². The van der Waals surface area contributed by atoms with E-state index in [4.69, 9.17) is 0 Å². The maximum absolute atomic E-state index is 12.6. The number of amides is 2. The largest absolute Gasteiger partial charge is 0.358 e. The topological polar surface area (TPSA) is 64.7 Å². The fourth-order valence-corrected chi connectivity index (χ4v) is 3.78. The van der Waals surface area contributed by atoms with E-state index >= 15 is 0 Å². The summed E-state index contributed by atoms with van der Waals surface area (Å²) in [6, 6.07) is -0.191. The molecule has 2 saturated heterocycles. The molecule has 2 heterocycles. The molecule has 2 N–H and O–H groups in total. The normalized spacial score (nSPS) is 23.7. The lowest BCUT2D eigenvalue weighted by atomic mass is 10.00. The van der Waals surface area contributed by atoms with E-state index in [1.807, 2.05) is 18.7 Å². The van der Waals surface area contributed by atoms with Crippen LogP contribution in [0.3, 0.4) is 0 Å². The van der Waals surface area contributed by atoms with E-state index in [0.29, 0.717) is 6.54 Å². The standard InChI is InChI=1S/C17H32N4O2/c1-17(2,16(23)18-3)21-12-7-8-14(21)15(22)19-9-13-20-10-5-4-6-11-20/h14H,4-13H2,1-3H3,(H,18,23)(H,19,22). The zero-order valence-electron chi connectivity index (χ0n) is 14.9. The first kappa shape index (κ1) is 18.2. The van der Waals surface area contributed by atoms with Crippen molar-refractivity contribution in [1.29, 1.82) is 0 Å². The van der Waals surface area contributed by atoms with E-state index in [-0.39, 0.29) is 17.9 Å². The molecule has 2 rings (SSSR count). The fraction of sp³-hybridized carbons (Fsp3) is 0.882. The van der Waals surface area contributed by atoms with Gasteiger partial charge >= 0.3 is 0 Å². The summed E-state index contributed by atoms with van der Waals surface area (Å²) < 4.78 is 0. The molecule has 0 spiro atoms. The summed E-state index contributed by atoms with van der Waals surface area (Å²) in [5, 5.41) is 5.79. The molecule has 0 saturated carbocycles. The molecule has 0 radical (unpaired) electrons. The molecule has 0 aromatic carbocycles. The molecule has 0 aliphatic carbocycles. The Balaban J connectivity index is 1.84. The number of hydrogen-bond donors (Lipinski definition) is 2. The summed E-state index contributed by atoms with van der Waals surface area (Å²) in [7, 11) is 1.65. The lowest BCUT2D eigenvalue weighted by molar-refractivity contribution is -0.135. The van der Waals surface area contributed by atoms with Crippen molar-refractivity contribution in [3.05, 3.63) is 0 Å². The Morgan fingerprint density at radius 1 is 1.09 bits per heavy atom. The number of likely N-dealkylation sites (N-methyl/N-ethyl adjacent to an activating group) is 1. The van der Waals surface area contributed by atoms with Gasteiger partial charge in [0, 0.05) is 26.7 Å². The summed E-state index contributed by atoms with van der Waals surface area (Å²) in [5.41, 5.74) is -0.653. The third-order valence-electron chi connectivity index (χ3n) is 5.23. The molecule has 6 heteroatoms. The molecule has 2 aliphatic heterocycles. The number of likely N-dealkylation sites (tertiary alicyclic amines) is 2. The predicted molar refractivity (Wildman–Crippen MR) is 91.2 cm³/mol. The fourth-order valence-electron chi connectivity index (χ4n) is 3.78. The molecule has 2 amide bonds. The van der Waals surface area contributed by atoms with E-state index in [2.05, 4.69) is 15.5 Å². The summed E-state index contributed by atoms with van der Waals surface area (Å²) in [4.78, 5) is 29.1. The second-order valence-electron chi connectivity index (χ2n) is 7.18. The van der Waals surface area contributed by atoms with E-state index in [1.165, 1.54) is 19.3 Å². The minimum absolute atomic E-state index is 0.0366. The van der Waals surface area contributed by atoms with Crippen LogP contribution in [0.25, 0.3) is 0 Å². The molecule has 0 aromatic heterocycles. The molecular formula is C17H32N4O2. The van der Waals surface area contributed by atoms with Crippen molar-refractivity contribution in [1.82, 2.24) is 20.4 Å². The summed E-state index contributed by atoms with van der Waals surface area (Å²) in [6.07, 6.45) is 5.66. The minimum atomic E-state index is -0.653. The highest BCUT2D eigenvalue weighted by molar-refractivity contribution is 5.87. The van der Waals surface area contributed by atoms with Gasteiger partial charge in [0.1, 0.15) is 0 Å². The number of rotatable bonds is 6. The molecule has 0 aromatic rings. The third-order valence-corrected chi connectivity index (χ3v) is 5.23. The van der Waals surface area contributed by atoms with Crippen LogP contribution in [0.2, 0.25) is 0 Å². The smallest absolute Gasteiger partial charge is 0.239 e. The van der Waals surface area contributed by atoms with Gasteiger partial charge < -0.3 is 15.5 Å². The van der Waals surface area contributed by atoms with Gasteiger partial charge in [-0.05, 0) is 52.6 Å². The van der Waals surface area contributed by atoms with Gasteiger partial charge in [-0.3, -0.25) is 14.5 Å². The van der Waals surface area contributed by atoms with Crippen molar-refractivity contribution in [3.63, 3.8) is 0 Å². The summed E-state index contributed by atoms with van der Waals surface area (Å²) in [6.45, 7) is 8.51. The van der Waals surface area contributed by atoms with E-state index in [9.17, 15) is 9.59 Å². The molecule has 6 nitrogen and oxygen atoms in total. The van der Waals surface area contributed by atoms with Gasteiger partial charge in [0.2, 0.25) is 11.8 Å². The van der Waals surface area contributed by atoms with Crippen LogP contribution in [0.1, 0.15) is 46.0 Å². The van der Waals surface area contributed by atoms with Crippen molar-refractivity contribution < 1.29 is 9.59 Å². The first-order chi connectivity index (χ1) is 11.0. The van der Waals surface area contributed by atoms with E-state index in [1.54, 1.807) is 7.05 Å². The van der Waals surface area contributed by atoms with Crippen molar-refractivity contribution in [2.24, 2.45) is 0 Å². The maximum atomic E-state index is 12.6. The molecule has 2 fully saturated rings. The number of carbonyl (C=O) groups is 2. The Kier molecular flexibility index (Phi) is 6.41. The first-order valence-electron chi connectivity index (χ1n) is 8.96. The van der Waals surface area contributed by atoms with Gasteiger partial charge in [0.15, 0.2) is 0 Å². The predicted octanol–water partition coefficient (Wildman–Crippen LogP) is 0.578. The first-order valence-corrected chi connectivity index (χ1v) is 8.96. The van der Waals surface area contributed by atoms with Crippen molar-refractivity contribution >= 4 is 11.8 Å². The Hall–Kier alpha value is -1.14. The molecule has 2 aliphatic rings. The number of nitrogens with one attached hydrogen (secondary N) is 2. The monoisotopic (exact) mass is 324 g/mol. The second-order valence-corrected chi connectivity index (χ2v) is 7.18. The number of hydrogen-bond acceptors (Lipinski definition) is 4. The van der Waals surface area contributed by atoms with E-state index < -0.39 is 5.54 Å². The Morgan fingerprint density at radius 2 is 1.78 bits per heavy atom. The Morgan fingerprint density at radius 3 is 2.43 bits per heavy atom. The molecule has 1 atom stereocenters. The van der Waals surface area contributed by atoms with Crippen LogP contribution in [0.5, 0.6) is 0 Å². The lowest BCUT2D eigenvalue weighted by Gasteiger charge is -2.37. The molecule has 23 heavy (non-hydrogen) atoms. The lowest BCUT2D eigenvalue weighted by Crippen LogP contribution is -2.59. The van der Waals surface area contributed by atoms with Gasteiger partial charge in [-0.25, -0.2) is 0 Å². The average Bonchev–Trinajstić information content (AvgIpc) is 3.05. The molecule has 0 bridgehead atoms.